The summed E-state index contributed by atoms with van der Waals surface area (Å²) in [5.41, 5.74) is 0.430. The Kier molecular flexibility index (Phi) is 3.69. The van der Waals surface area contributed by atoms with E-state index in [2.05, 4.69) is 10.4 Å². The molecule has 0 radical (unpaired) electrons. The Bertz CT molecular complexity index is 453. The van der Waals surface area contributed by atoms with Crippen LogP contribution in [0.15, 0.2) is 11.0 Å². The van der Waals surface area contributed by atoms with E-state index in [4.69, 9.17) is 11.6 Å². The van der Waals surface area contributed by atoms with Crippen LogP contribution in [0, 0.1) is 0 Å². The van der Waals surface area contributed by atoms with Crippen LogP contribution in [0.1, 0.15) is 12.8 Å². The molecule has 6 heteroatoms. The third-order valence-electron chi connectivity index (χ3n) is 2.68. The molecule has 0 saturated heterocycles. The second-order valence-electron chi connectivity index (χ2n) is 4.62. The number of likely N-dealkylation sites (N-methyl/N-ethyl adjacent to an activating group) is 1. The fourth-order valence-electron chi connectivity index (χ4n) is 1.47. The van der Waals surface area contributed by atoms with E-state index in [-0.39, 0.29) is 10.6 Å². The molecule has 1 aliphatic rings. The van der Waals surface area contributed by atoms with Crippen LogP contribution in [0.25, 0.3) is 0 Å². The summed E-state index contributed by atoms with van der Waals surface area (Å²) >= 11 is 6.04. The zero-order valence-electron chi connectivity index (χ0n) is 10.1. The first-order chi connectivity index (χ1) is 8.08. The molecule has 1 heterocycles. The van der Waals surface area contributed by atoms with Gasteiger partial charge in [0, 0.05) is 12.6 Å². The van der Waals surface area contributed by atoms with Gasteiger partial charge in [-0.1, -0.05) is 11.6 Å². The summed E-state index contributed by atoms with van der Waals surface area (Å²) in [4.78, 5) is 13.9. The van der Waals surface area contributed by atoms with Gasteiger partial charge < -0.3 is 10.2 Å². The Balaban J connectivity index is 2.13. The van der Waals surface area contributed by atoms with Crippen LogP contribution in [0.4, 0.5) is 5.69 Å². The first-order valence-electron chi connectivity index (χ1n) is 5.75. The van der Waals surface area contributed by atoms with E-state index in [0.717, 1.165) is 19.4 Å². The monoisotopic (exact) mass is 256 g/mol. The van der Waals surface area contributed by atoms with Crippen LogP contribution in [0.5, 0.6) is 0 Å². The van der Waals surface area contributed by atoms with Gasteiger partial charge >= 0.3 is 0 Å². The molecule has 1 fully saturated rings. The van der Waals surface area contributed by atoms with Crippen molar-refractivity contribution in [2.24, 2.45) is 0 Å². The number of halogens is 1. The van der Waals surface area contributed by atoms with Crippen LogP contribution in [-0.4, -0.2) is 41.4 Å². The number of nitrogens with one attached hydrogen (secondary N) is 1. The van der Waals surface area contributed by atoms with Gasteiger partial charge in [-0.2, -0.15) is 5.10 Å². The minimum atomic E-state index is -0.223. The highest BCUT2D eigenvalue weighted by Crippen LogP contribution is 2.26. The van der Waals surface area contributed by atoms with E-state index in [9.17, 15) is 4.79 Å². The molecule has 0 unspecified atom stereocenters. The van der Waals surface area contributed by atoms with Crippen LogP contribution < -0.4 is 10.9 Å². The largest absolute Gasteiger partial charge is 0.380 e. The molecule has 0 aromatic carbocycles. The van der Waals surface area contributed by atoms with Crippen LogP contribution in [0.3, 0.4) is 0 Å². The average molecular weight is 257 g/mol. The quantitative estimate of drug-likeness (QED) is 0.855. The summed E-state index contributed by atoms with van der Waals surface area (Å²) in [5, 5.41) is 7.56. The van der Waals surface area contributed by atoms with Gasteiger partial charge in [-0.05, 0) is 26.9 Å². The number of anilines is 1. The summed E-state index contributed by atoms with van der Waals surface area (Å²) in [6.07, 6.45) is 3.91. The van der Waals surface area contributed by atoms with Gasteiger partial charge in [0.25, 0.3) is 5.56 Å². The lowest BCUT2D eigenvalue weighted by Crippen LogP contribution is -2.29. The molecule has 94 valence electrons. The predicted molar refractivity (Wildman–Crippen MR) is 68.7 cm³/mol. The van der Waals surface area contributed by atoms with E-state index in [0.29, 0.717) is 18.3 Å². The lowest BCUT2D eigenvalue weighted by molar-refractivity contribution is 0.367. The molecule has 5 nitrogen and oxygen atoms in total. The third-order valence-corrected chi connectivity index (χ3v) is 3.05. The molecule has 1 aromatic rings. The molecular weight excluding hydrogens is 240 g/mol. The maximum Gasteiger partial charge on any atom is 0.287 e. The minimum absolute atomic E-state index is 0.223. The fraction of sp³-hybridized carbons (Fsp3) is 0.636. The van der Waals surface area contributed by atoms with Crippen LogP contribution >= 0.6 is 11.6 Å². The molecule has 1 aliphatic carbocycles. The first-order valence-corrected chi connectivity index (χ1v) is 6.12. The Morgan fingerprint density at radius 2 is 2.29 bits per heavy atom. The summed E-state index contributed by atoms with van der Waals surface area (Å²) in [6, 6.07) is 0.464. The molecule has 0 atom stereocenters. The smallest absolute Gasteiger partial charge is 0.287 e. The van der Waals surface area contributed by atoms with E-state index >= 15 is 0 Å². The summed E-state index contributed by atoms with van der Waals surface area (Å²) in [7, 11) is 3.91. The maximum absolute atomic E-state index is 11.9. The van der Waals surface area contributed by atoms with E-state index < -0.39 is 0 Å². The van der Waals surface area contributed by atoms with Crippen molar-refractivity contribution in [2.75, 3.05) is 26.0 Å². The Labute approximate surface area is 105 Å². The van der Waals surface area contributed by atoms with Gasteiger partial charge in [0.2, 0.25) is 0 Å². The van der Waals surface area contributed by atoms with Gasteiger partial charge in [-0.15, -0.1) is 0 Å². The normalized spacial score (nSPS) is 15.3. The highest BCUT2D eigenvalue weighted by Gasteiger charge is 2.22. The molecule has 2 rings (SSSR count). The molecule has 17 heavy (non-hydrogen) atoms. The summed E-state index contributed by atoms with van der Waals surface area (Å²) < 4.78 is 1.40. The van der Waals surface area contributed by atoms with Crippen molar-refractivity contribution in [2.45, 2.75) is 25.4 Å². The molecule has 0 bridgehead atoms. The molecule has 0 aliphatic heterocycles. The number of hydrogen-bond donors (Lipinski definition) is 1. The molecular formula is C11H17ClN4O. The topological polar surface area (TPSA) is 50.2 Å². The fourth-order valence-corrected chi connectivity index (χ4v) is 1.67. The van der Waals surface area contributed by atoms with Crippen molar-refractivity contribution in [3.05, 3.63) is 21.6 Å². The SMILES string of the molecule is CN(C)CCn1ncc(NC2CC2)c(Cl)c1=O. The van der Waals surface area contributed by atoms with Gasteiger partial charge in [-0.25, -0.2) is 4.68 Å². The van der Waals surface area contributed by atoms with Crippen molar-refractivity contribution < 1.29 is 0 Å². The maximum atomic E-state index is 11.9. The van der Waals surface area contributed by atoms with Crippen molar-refractivity contribution in [3.63, 3.8) is 0 Å². The van der Waals surface area contributed by atoms with E-state index in [1.54, 1.807) is 6.20 Å². The number of hydrogen-bond acceptors (Lipinski definition) is 4. The second kappa shape index (κ2) is 5.06. The molecule has 0 spiro atoms. The average Bonchev–Trinajstić information content (AvgIpc) is 3.07. The van der Waals surface area contributed by atoms with Crippen molar-refractivity contribution >= 4 is 17.3 Å². The third kappa shape index (κ3) is 3.20. The Hall–Kier alpha value is -1.07. The number of aromatic nitrogens is 2. The van der Waals surface area contributed by atoms with Crippen molar-refractivity contribution in [3.8, 4) is 0 Å². The van der Waals surface area contributed by atoms with Gasteiger partial charge in [-0.3, -0.25) is 4.79 Å². The molecule has 0 amide bonds. The minimum Gasteiger partial charge on any atom is -0.380 e. The van der Waals surface area contributed by atoms with Crippen molar-refractivity contribution in [1.29, 1.82) is 0 Å². The zero-order chi connectivity index (χ0) is 12.4. The second-order valence-corrected chi connectivity index (χ2v) is 5.00. The lowest BCUT2D eigenvalue weighted by Gasteiger charge is -2.12. The van der Waals surface area contributed by atoms with Gasteiger partial charge in [0.1, 0.15) is 5.02 Å². The summed E-state index contributed by atoms with van der Waals surface area (Å²) in [5.74, 6) is 0. The Morgan fingerprint density at radius 3 is 2.88 bits per heavy atom. The van der Waals surface area contributed by atoms with Crippen LogP contribution in [0.2, 0.25) is 5.02 Å². The highest BCUT2D eigenvalue weighted by molar-refractivity contribution is 6.32. The van der Waals surface area contributed by atoms with Gasteiger partial charge in [0.15, 0.2) is 0 Å². The first kappa shape index (κ1) is 12.4. The van der Waals surface area contributed by atoms with Crippen molar-refractivity contribution in [1.82, 2.24) is 14.7 Å². The Morgan fingerprint density at radius 1 is 1.59 bits per heavy atom. The lowest BCUT2D eigenvalue weighted by atomic mass is 10.4. The highest BCUT2D eigenvalue weighted by atomic mass is 35.5. The molecule has 1 saturated carbocycles. The molecule has 1 N–H and O–H groups in total. The predicted octanol–water partition coefficient (Wildman–Crippen LogP) is 1.03. The zero-order valence-corrected chi connectivity index (χ0v) is 10.9. The number of rotatable bonds is 5. The van der Waals surface area contributed by atoms with E-state index in [1.807, 2.05) is 19.0 Å². The standard InChI is InChI=1S/C11H17ClN4O/c1-15(2)5-6-16-11(17)10(12)9(7-13-16)14-8-3-4-8/h7-8,14H,3-6H2,1-2H3. The van der Waals surface area contributed by atoms with Crippen LogP contribution in [-0.2, 0) is 6.54 Å². The van der Waals surface area contributed by atoms with Gasteiger partial charge in [0.05, 0.1) is 18.4 Å². The summed E-state index contributed by atoms with van der Waals surface area (Å²) in [6.45, 7) is 1.31. The molecule has 1 aromatic heterocycles. The number of nitrogens with zero attached hydrogens (tertiary/aromatic N) is 3. The van der Waals surface area contributed by atoms with E-state index in [1.165, 1.54) is 4.68 Å².